The molecular weight excluding hydrogens is 338 g/mol. The third-order valence-electron chi connectivity index (χ3n) is 3.76. The summed E-state index contributed by atoms with van der Waals surface area (Å²) in [6.45, 7) is 3.11. The molecule has 0 aliphatic rings. The smallest absolute Gasteiger partial charge is 0.191 e. The summed E-state index contributed by atoms with van der Waals surface area (Å²) in [6, 6.07) is 18.4. The van der Waals surface area contributed by atoms with Crippen molar-refractivity contribution >= 4 is 23.4 Å². The lowest BCUT2D eigenvalue weighted by Gasteiger charge is -2.09. The van der Waals surface area contributed by atoms with E-state index in [9.17, 15) is 0 Å². The van der Waals surface area contributed by atoms with E-state index in [1.807, 2.05) is 24.3 Å². The Kier molecular flexibility index (Phi) is 5.94. The third kappa shape index (κ3) is 4.19. The van der Waals surface area contributed by atoms with Gasteiger partial charge in [0.25, 0.3) is 0 Å². The lowest BCUT2D eigenvalue weighted by Crippen LogP contribution is -2.05. The average Bonchev–Trinajstić information content (AvgIpc) is 2.97. The molecule has 0 atom stereocenters. The van der Waals surface area contributed by atoms with E-state index in [1.54, 1.807) is 11.8 Å². The summed E-state index contributed by atoms with van der Waals surface area (Å²) in [4.78, 5) is 0. The highest BCUT2D eigenvalue weighted by Gasteiger charge is 2.13. The predicted molar refractivity (Wildman–Crippen MR) is 101 cm³/mol. The van der Waals surface area contributed by atoms with Gasteiger partial charge in [-0.25, -0.2) is 0 Å². The number of halogens is 1. The Hall–Kier alpha value is -1.78. The number of nitrogens with zero attached hydrogens (tertiary/aromatic N) is 3. The molecule has 124 valence electrons. The second-order valence-electron chi connectivity index (χ2n) is 5.59. The molecule has 0 N–H and O–H groups in total. The highest BCUT2D eigenvalue weighted by molar-refractivity contribution is 7.98. The number of hydrogen-bond acceptors (Lipinski definition) is 3. The van der Waals surface area contributed by atoms with Crippen LogP contribution in [0.4, 0.5) is 0 Å². The second kappa shape index (κ2) is 8.36. The summed E-state index contributed by atoms with van der Waals surface area (Å²) < 4.78 is 2.23. The average molecular weight is 358 g/mol. The van der Waals surface area contributed by atoms with Gasteiger partial charge in [-0.2, -0.15) is 0 Å². The molecule has 1 aromatic heterocycles. The highest BCUT2D eigenvalue weighted by atomic mass is 35.5. The summed E-state index contributed by atoms with van der Waals surface area (Å²) in [5, 5.41) is 10.6. The maximum Gasteiger partial charge on any atom is 0.191 e. The van der Waals surface area contributed by atoms with Gasteiger partial charge in [0, 0.05) is 23.7 Å². The van der Waals surface area contributed by atoms with Crippen LogP contribution in [-0.4, -0.2) is 14.8 Å². The normalized spacial score (nSPS) is 10.9. The van der Waals surface area contributed by atoms with Crippen LogP contribution in [-0.2, 0) is 18.7 Å². The van der Waals surface area contributed by atoms with Crippen LogP contribution in [0, 0.1) is 0 Å². The zero-order valence-corrected chi connectivity index (χ0v) is 15.2. The minimum absolute atomic E-state index is 0.798. The van der Waals surface area contributed by atoms with Gasteiger partial charge in [0.2, 0.25) is 0 Å². The van der Waals surface area contributed by atoms with Gasteiger partial charge in [0.15, 0.2) is 5.16 Å². The zero-order valence-electron chi connectivity index (χ0n) is 13.7. The van der Waals surface area contributed by atoms with Crippen molar-refractivity contribution in [1.29, 1.82) is 0 Å². The van der Waals surface area contributed by atoms with Gasteiger partial charge in [0.1, 0.15) is 5.82 Å². The van der Waals surface area contributed by atoms with Crippen molar-refractivity contribution < 1.29 is 0 Å². The van der Waals surface area contributed by atoms with E-state index in [1.165, 1.54) is 5.56 Å². The Morgan fingerprint density at radius 2 is 1.75 bits per heavy atom. The van der Waals surface area contributed by atoms with Crippen LogP contribution in [0.2, 0.25) is 5.02 Å². The molecule has 3 nitrogen and oxygen atoms in total. The predicted octanol–water partition coefficient (Wildman–Crippen LogP) is 5.22. The molecule has 0 aliphatic carbocycles. The zero-order chi connectivity index (χ0) is 16.8. The van der Waals surface area contributed by atoms with Crippen LogP contribution < -0.4 is 0 Å². The van der Waals surface area contributed by atoms with E-state index in [2.05, 4.69) is 52.0 Å². The van der Waals surface area contributed by atoms with Crippen molar-refractivity contribution in [3.05, 3.63) is 76.6 Å². The Labute approximate surface area is 152 Å². The van der Waals surface area contributed by atoms with E-state index in [0.29, 0.717) is 0 Å². The first-order valence-electron chi connectivity index (χ1n) is 8.10. The van der Waals surface area contributed by atoms with Gasteiger partial charge in [-0.05, 0) is 23.6 Å². The molecular formula is C19H20ClN3S. The van der Waals surface area contributed by atoms with Crippen molar-refractivity contribution in [1.82, 2.24) is 14.8 Å². The second-order valence-corrected chi connectivity index (χ2v) is 6.94. The molecule has 5 heteroatoms. The third-order valence-corrected chi connectivity index (χ3v) is 5.14. The van der Waals surface area contributed by atoms with Crippen molar-refractivity contribution in [3.8, 4) is 0 Å². The first-order valence-corrected chi connectivity index (χ1v) is 9.46. The van der Waals surface area contributed by atoms with Gasteiger partial charge in [-0.1, -0.05) is 78.8 Å². The molecule has 1 heterocycles. The topological polar surface area (TPSA) is 30.7 Å². The maximum atomic E-state index is 6.25. The fraction of sp³-hybridized carbons (Fsp3) is 0.263. The number of aromatic nitrogens is 3. The van der Waals surface area contributed by atoms with Crippen molar-refractivity contribution in [2.24, 2.45) is 0 Å². The number of hydrogen-bond donors (Lipinski definition) is 0. The molecule has 0 aliphatic heterocycles. The Bertz CT molecular complexity index is 786. The summed E-state index contributed by atoms with van der Waals surface area (Å²) in [6.07, 6.45) is 1.86. The molecule has 0 bridgehead atoms. The summed E-state index contributed by atoms with van der Waals surface area (Å²) in [5.41, 5.74) is 2.38. The molecule has 3 rings (SSSR count). The minimum Gasteiger partial charge on any atom is -0.306 e. The summed E-state index contributed by atoms with van der Waals surface area (Å²) >= 11 is 7.94. The van der Waals surface area contributed by atoms with E-state index < -0.39 is 0 Å². The van der Waals surface area contributed by atoms with Crippen LogP contribution in [0.1, 0.15) is 30.3 Å². The molecule has 0 saturated heterocycles. The van der Waals surface area contributed by atoms with Gasteiger partial charge >= 0.3 is 0 Å². The Balaban J connectivity index is 1.77. The molecule has 0 radical (unpaired) electrons. The highest BCUT2D eigenvalue weighted by Crippen LogP contribution is 2.26. The van der Waals surface area contributed by atoms with Crippen molar-refractivity contribution in [3.63, 3.8) is 0 Å². The number of benzene rings is 2. The molecule has 0 spiro atoms. The number of thioether (sulfide) groups is 1. The first kappa shape index (κ1) is 17.1. The fourth-order valence-electron chi connectivity index (χ4n) is 2.54. The van der Waals surface area contributed by atoms with Crippen LogP contribution in [0.5, 0.6) is 0 Å². The fourth-order valence-corrected chi connectivity index (χ4v) is 3.81. The molecule has 24 heavy (non-hydrogen) atoms. The van der Waals surface area contributed by atoms with Gasteiger partial charge in [-0.15, -0.1) is 10.2 Å². The van der Waals surface area contributed by atoms with E-state index in [4.69, 9.17) is 11.6 Å². The lowest BCUT2D eigenvalue weighted by molar-refractivity contribution is 0.598. The first-order chi connectivity index (χ1) is 11.8. The minimum atomic E-state index is 0.798. The van der Waals surface area contributed by atoms with Gasteiger partial charge in [-0.3, -0.25) is 0 Å². The Morgan fingerprint density at radius 1 is 1.00 bits per heavy atom. The van der Waals surface area contributed by atoms with E-state index >= 15 is 0 Å². The van der Waals surface area contributed by atoms with Crippen LogP contribution >= 0.6 is 23.4 Å². The van der Waals surface area contributed by atoms with Crippen LogP contribution in [0.15, 0.2) is 59.8 Å². The molecule has 0 saturated carbocycles. The molecule has 3 aromatic rings. The number of rotatable bonds is 7. The largest absolute Gasteiger partial charge is 0.306 e. The van der Waals surface area contributed by atoms with E-state index in [-0.39, 0.29) is 0 Å². The van der Waals surface area contributed by atoms with Gasteiger partial charge in [0.05, 0.1) is 0 Å². The van der Waals surface area contributed by atoms with Crippen LogP contribution in [0.3, 0.4) is 0 Å². The standard InChI is InChI=1S/C19H20ClN3S/c1-2-12-23-18(13-15-8-4-3-5-9-15)21-22-19(23)24-14-16-10-6-7-11-17(16)20/h3-11H,2,12-14H2,1H3. The quantitative estimate of drug-likeness (QED) is 0.543. The lowest BCUT2D eigenvalue weighted by atomic mass is 10.1. The molecule has 0 fully saturated rings. The molecule has 0 amide bonds. The van der Waals surface area contributed by atoms with Crippen molar-refractivity contribution in [2.45, 2.75) is 37.2 Å². The SMILES string of the molecule is CCCn1c(Cc2ccccc2)nnc1SCc1ccccc1Cl. The summed E-state index contributed by atoms with van der Waals surface area (Å²) in [5.74, 6) is 1.82. The summed E-state index contributed by atoms with van der Waals surface area (Å²) in [7, 11) is 0. The van der Waals surface area contributed by atoms with Gasteiger partial charge < -0.3 is 4.57 Å². The van der Waals surface area contributed by atoms with E-state index in [0.717, 1.165) is 46.7 Å². The Morgan fingerprint density at radius 3 is 2.50 bits per heavy atom. The van der Waals surface area contributed by atoms with Crippen LogP contribution in [0.25, 0.3) is 0 Å². The molecule has 2 aromatic carbocycles. The van der Waals surface area contributed by atoms with Crippen molar-refractivity contribution in [2.75, 3.05) is 0 Å². The maximum absolute atomic E-state index is 6.25. The molecule has 0 unspecified atom stereocenters. The monoisotopic (exact) mass is 357 g/mol.